The summed E-state index contributed by atoms with van der Waals surface area (Å²) >= 11 is 0. The van der Waals surface area contributed by atoms with Crippen LogP contribution in [0, 0.1) is 0 Å². The molecule has 1 N–H and O–H groups in total. The summed E-state index contributed by atoms with van der Waals surface area (Å²) in [5.74, 6) is 0.720. The van der Waals surface area contributed by atoms with Gasteiger partial charge in [-0.05, 0) is 36.5 Å². The Morgan fingerprint density at radius 3 is 2.64 bits per heavy atom. The predicted molar refractivity (Wildman–Crippen MR) is 126 cm³/mol. The molecule has 1 saturated heterocycles. The fraction of sp³-hybridized carbons (Fsp3) is 0.583. The lowest BCUT2D eigenvalue weighted by molar-refractivity contribution is 0.0651. The van der Waals surface area contributed by atoms with Gasteiger partial charge in [0.25, 0.3) is 6.43 Å². The molecule has 0 radical (unpaired) electrons. The van der Waals surface area contributed by atoms with E-state index in [0.717, 1.165) is 24.1 Å². The number of hydrogen-bond acceptors (Lipinski definition) is 4. The van der Waals surface area contributed by atoms with Crippen LogP contribution < -0.4 is 10.2 Å². The van der Waals surface area contributed by atoms with Crippen LogP contribution in [-0.4, -0.2) is 54.6 Å². The number of carbonyl (C=O) groups excluding carboxylic acids is 1. The van der Waals surface area contributed by atoms with Gasteiger partial charge in [0.2, 0.25) is 0 Å². The topological polar surface area (TPSA) is 62.6 Å². The monoisotopic (exact) mass is 463 g/mol. The molecule has 0 unspecified atom stereocenters. The molecule has 4 rings (SSSR count). The summed E-state index contributed by atoms with van der Waals surface area (Å²) in [6, 6.07) is 5.34. The van der Waals surface area contributed by atoms with Gasteiger partial charge in [0.15, 0.2) is 5.82 Å². The summed E-state index contributed by atoms with van der Waals surface area (Å²) in [5, 5.41) is 7.68. The Labute approximate surface area is 195 Å². The van der Waals surface area contributed by atoms with Gasteiger partial charge in [-0.3, -0.25) is 4.68 Å². The maximum atomic E-state index is 13.8. The van der Waals surface area contributed by atoms with Crippen molar-refractivity contribution in [3.63, 3.8) is 0 Å². The van der Waals surface area contributed by atoms with Crippen LogP contribution in [-0.2, 0) is 17.7 Å². The highest BCUT2D eigenvalue weighted by molar-refractivity contribution is 5.75. The number of halogens is 2. The standard InChI is InChI=1S/C24H33F2N5O2.H2/c1-15(2)18-6-5-17(13-19(18)22(25)26)29(4)23-20-14-30(24(32)27-3)10-7-21(20)31(28-23)16-8-11-33-12-9-16;/h5-6,13,15-16,22H,7-12,14H2,1-4H3,(H,27,32);1H. The molecule has 0 aliphatic carbocycles. The van der Waals surface area contributed by atoms with Crippen LogP contribution in [0.15, 0.2) is 18.2 Å². The molecule has 0 bridgehead atoms. The number of rotatable bonds is 5. The maximum absolute atomic E-state index is 13.8. The van der Waals surface area contributed by atoms with Crippen LogP contribution in [0.5, 0.6) is 0 Å². The predicted octanol–water partition coefficient (Wildman–Crippen LogP) is 5.01. The van der Waals surface area contributed by atoms with Crippen molar-refractivity contribution in [2.24, 2.45) is 0 Å². The molecular weight excluding hydrogens is 428 g/mol. The lowest BCUT2D eigenvalue weighted by atomic mass is 9.96. The average Bonchev–Trinajstić information content (AvgIpc) is 3.22. The molecule has 182 valence electrons. The Hall–Kier alpha value is -2.68. The molecule has 2 amide bonds. The van der Waals surface area contributed by atoms with E-state index in [1.165, 1.54) is 0 Å². The lowest BCUT2D eigenvalue weighted by Crippen LogP contribution is -2.41. The van der Waals surface area contributed by atoms with Crippen LogP contribution in [0.2, 0.25) is 0 Å². The molecule has 3 heterocycles. The molecule has 7 nitrogen and oxygen atoms in total. The minimum absolute atomic E-state index is 0. The zero-order valence-corrected chi connectivity index (χ0v) is 19.8. The number of carbonyl (C=O) groups is 1. The Morgan fingerprint density at radius 1 is 1.27 bits per heavy atom. The van der Waals surface area contributed by atoms with E-state index < -0.39 is 6.43 Å². The highest BCUT2D eigenvalue weighted by Crippen LogP contribution is 2.38. The highest BCUT2D eigenvalue weighted by atomic mass is 19.3. The number of benzene rings is 1. The number of fused-ring (bicyclic) bond motifs is 1. The third-order valence-electron chi connectivity index (χ3n) is 6.74. The first-order valence-electron chi connectivity index (χ1n) is 11.6. The number of nitrogens with one attached hydrogen (secondary N) is 1. The second-order valence-electron chi connectivity index (χ2n) is 9.09. The van der Waals surface area contributed by atoms with Gasteiger partial charge in [0.1, 0.15) is 0 Å². The number of aromatic nitrogens is 2. The summed E-state index contributed by atoms with van der Waals surface area (Å²) in [4.78, 5) is 16.0. The molecule has 2 aliphatic heterocycles. The normalized spacial score (nSPS) is 16.9. The van der Waals surface area contributed by atoms with Crippen LogP contribution in [0.3, 0.4) is 0 Å². The molecule has 9 heteroatoms. The fourth-order valence-corrected chi connectivity index (χ4v) is 4.87. The van der Waals surface area contributed by atoms with Crippen LogP contribution >= 0.6 is 0 Å². The number of anilines is 2. The lowest BCUT2D eigenvalue weighted by Gasteiger charge is -2.30. The Kier molecular flexibility index (Phi) is 6.88. The third kappa shape index (κ3) is 4.55. The number of nitrogens with zero attached hydrogens (tertiary/aromatic N) is 4. The second-order valence-corrected chi connectivity index (χ2v) is 9.09. The van der Waals surface area contributed by atoms with Crippen molar-refractivity contribution in [1.29, 1.82) is 0 Å². The minimum Gasteiger partial charge on any atom is -0.381 e. The van der Waals surface area contributed by atoms with Gasteiger partial charge in [-0.25, -0.2) is 13.6 Å². The molecule has 1 aromatic carbocycles. The van der Waals surface area contributed by atoms with Crippen LogP contribution in [0.25, 0.3) is 0 Å². The summed E-state index contributed by atoms with van der Waals surface area (Å²) in [7, 11) is 3.48. The van der Waals surface area contributed by atoms with Crippen molar-refractivity contribution in [2.75, 3.05) is 38.8 Å². The summed E-state index contributed by atoms with van der Waals surface area (Å²) in [5.41, 5.74) is 3.47. The van der Waals surface area contributed by atoms with Crippen LogP contribution in [0.1, 0.15) is 68.9 Å². The Balaban J connectivity index is 0.00000324. The quantitative estimate of drug-likeness (QED) is 0.677. The smallest absolute Gasteiger partial charge is 0.317 e. The first-order valence-corrected chi connectivity index (χ1v) is 11.6. The number of ether oxygens (including phenoxy) is 1. The molecule has 0 atom stereocenters. The van der Waals surface area contributed by atoms with Gasteiger partial charge in [-0.15, -0.1) is 0 Å². The van der Waals surface area contributed by atoms with Gasteiger partial charge < -0.3 is 19.9 Å². The van der Waals surface area contributed by atoms with Crippen molar-refractivity contribution in [2.45, 2.75) is 58.0 Å². The zero-order valence-electron chi connectivity index (χ0n) is 19.8. The van der Waals surface area contributed by atoms with Gasteiger partial charge in [-0.1, -0.05) is 19.9 Å². The van der Waals surface area contributed by atoms with E-state index in [0.29, 0.717) is 49.8 Å². The summed E-state index contributed by atoms with van der Waals surface area (Å²) in [6.07, 6.45) is -0.0761. The van der Waals surface area contributed by atoms with Gasteiger partial charge in [0, 0.05) is 64.2 Å². The zero-order chi connectivity index (χ0) is 23.7. The van der Waals surface area contributed by atoms with Gasteiger partial charge >= 0.3 is 6.03 Å². The number of hydrogen-bond donors (Lipinski definition) is 1. The number of amides is 2. The van der Waals surface area contributed by atoms with Crippen LogP contribution in [0.4, 0.5) is 25.1 Å². The summed E-state index contributed by atoms with van der Waals surface area (Å²) < 4.78 is 35.3. The molecule has 2 aromatic rings. The van der Waals surface area contributed by atoms with E-state index in [1.54, 1.807) is 24.1 Å². The first kappa shape index (κ1) is 23.5. The molecule has 2 aliphatic rings. The van der Waals surface area contributed by atoms with E-state index >= 15 is 0 Å². The van der Waals surface area contributed by atoms with E-state index in [1.807, 2.05) is 31.9 Å². The Bertz CT molecular complexity index is 1010. The van der Waals surface area contributed by atoms with E-state index in [2.05, 4.69) is 10.00 Å². The van der Waals surface area contributed by atoms with Crippen molar-refractivity contribution in [3.05, 3.63) is 40.6 Å². The van der Waals surface area contributed by atoms with E-state index in [-0.39, 0.29) is 25.0 Å². The maximum Gasteiger partial charge on any atom is 0.317 e. The SMILES string of the molecule is CNC(=O)N1CCc2c(c(N(C)c3ccc(C(C)C)c(C(F)F)c3)nn2C2CCOCC2)C1.[HH]. The largest absolute Gasteiger partial charge is 0.381 e. The average molecular weight is 464 g/mol. The first-order chi connectivity index (χ1) is 15.8. The number of urea groups is 1. The third-order valence-corrected chi connectivity index (χ3v) is 6.74. The fourth-order valence-electron chi connectivity index (χ4n) is 4.87. The van der Waals surface area contributed by atoms with Crippen molar-refractivity contribution in [1.82, 2.24) is 20.0 Å². The Morgan fingerprint density at radius 2 is 2.00 bits per heavy atom. The molecule has 1 aromatic heterocycles. The van der Waals surface area contributed by atoms with Gasteiger partial charge in [0.05, 0.1) is 12.6 Å². The highest BCUT2D eigenvalue weighted by Gasteiger charge is 2.32. The minimum atomic E-state index is -2.55. The molecular formula is C24H35F2N5O2. The van der Waals surface area contributed by atoms with Gasteiger partial charge in [-0.2, -0.15) is 5.10 Å². The van der Waals surface area contributed by atoms with Crippen molar-refractivity contribution < 1.29 is 19.7 Å². The van der Waals surface area contributed by atoms with E-state index in [9.17, 15) is 13.6 Å². The molecule has 0 spiro atoms. The van der Waals surface area contributed by atoms with Crippen molar-refractivity contribution >= 4 is 17.5 Å². The summed E-state index contributed by atoms with van der Waals surface area (Å²) in [6.45, 7) is 6.29. The molecule has 0 saturated carbocycles. The molecule has 1 fully saturated rings. The molecule has 33 heavy (non-hydrogen) atoms. The second kappa shape index (κ2) is 9.67. The van der Waals surface area contributed by atoms with Crippen molar-refractivity contribution in [3.8, 4) is 0 Å². The van der Waals surface area contributed by atoms with E-state index in [4.69, 9.17) is 9.84 Å². The number of alkyl halides is 2.